The lowest BCUT2D eigenvalue weighted by atomic mass is 9.70. The molecule has 0 unspecified atom stereocenters. The fraction of sp³-hybridized carbons (Fsp3) is 0.500. The van der Waals surface area contributed by atoms with E-state index >= 15 is 0 Å². The number of amidine groups is 1. The van der Waals surface area contributed by atoms with Gasteiger partial charge in [-0.05, 0) is 24.5 Å². The van der Waals surface area contributed by atoms with Crippen LogP contribution in [0.1, 0.15) is 37.7 Å². The van der Waals surface area contributed by atoms with Crippen molar-refractivity contribution in [3.8, 4) is 0 Å². The molecule has 0 saturated heterocycles. The normalized spacial score (nSPS) is 22.6. The van der Waals surface area contributed by atoms with Gasteiger partial charge in [0.05, 0.1) is 5.41 Å². The summed E-state index contributed by atoms with van der Waals surface area (Å²) < 4.78 is 0. The van der Waals surface area contributed by atoms with Crippen LogP contribution in [0.3, 0.4) is 0 Å². The van der Waals surface area contributed by atoms with Crippen LogP contribution in [0.2, 0.25) is 0 Å². The molecule has 1 aliphatic carbocycles. The molecule has 0 aromatic heterocycles. The second-order valence-electron chi connectivity index (χ2n) is 5.07. The van der Waals surface area contributed by atoms with Crippen LogP contribution in [0.5, 0.6) is 0 Å². The predicted molar refractivity (Wildman–Crippen MR) is 67.3 cm³/mol. The zero-order chi connectivity index (χ0) is 11.2. The van der Waals surface area contributed by atoms with E-state index in [9.17, 15) is 0 Å². The Kier molecular flexibility index (Phi) is 2.06. The summed E-state index contributed by atoms with van der Waals surface area (Å²) in [5.74, 6) is 0.813. The SMILES string of the molecule is CN1C(=N)C2(CCCCC2)c2ccccc21. The lowest BCUT2D eigenvalue weighted by Crippen LogP contribution is -2.39. The summed E-state index contributed by atoms with van der Waals surface area (Å²) in [5.41, 5.74) is 2.68. The first-order chi connectivity index (χ1) is 7.76. The van der Waals surface area contributed by atoms with Crippen molar-refractivity contribution in [2.45, 2.75) is 37.5 Å². The van der Waals surface area contributed by atoms with E-state index in [0.717, 1.165) is 18.7 Å². The monoisotopic (exact) mass is 214 g/mol. The van der Waals surface area contributed by atoms with Crippen LogP contribution in [-0.4, -0.2) is 12.9 Å². The molecular formula is C14H18N2. The molecule has 3 rings (SSSR count). The molecule has 0 amide bonds. The van der Waals surface area contributed by atoms with E-state index in [2.05, 4.69) is 29.2 Å². The third kappa shape index (κ3) is 1.10. The summed E-state index contributed by atoms with van der Waals surface area (Å²) in [6.07, 6.45) is 6.19. The van der Waals surface area contributed by atoms with Crippen molar-refractivity contribution in [1.29, 1.82) is 5.41 Å². The molecule has 0 atom stereocenters. The molecule has 1 heterocycles. The zero-order valence-corrected chi connectivity index (χ0v) is 9.79. The van der Waals surface area contributed by atoms with Gasteiger partial charge in [0.1, 0.15) is 5.84 Å². The number of benzene rings is 1. The first-order valence-electron chi connectivity index (χ1n) is 6.18. The van der Waals surface area contributed by atoms with Crippen LogP contribution < -0.4 is 4.90 Å². The Morgan fingerprint density at radius 2 is 1.81 bits per heavy atom. The Balaban J connectivity index is 2.16. The van der Waals surface area contributed by atoms with Crippen LogP contribution in [0.15, 0.2) is 24.3 Å². The number of rotatable bonds is 0. The van der Waals surface area contributed by atoms with Gasteiger partial charge in [-0.3, -0.25) is 5.41 Å². The topological polar surface area (TPSA) is 27.1 Å². The van der Waals surface area contributed by atoms with E-state index in [4.69, 9.17) is 5.41 Å². The predicted octanol–water partition coefficient (Wildman–Crippen LogP) is 3.32. The fourth-order valence-corrected chi connectivity index (χ4v) is 3.40. The molecule has 1 saturated carbocycles. The van der Waals surface area contributed by atoms with Crippen molar-refractivity contribution in [2.75, 3.05) is 11.9 Å². The average molecular weight is 214 g/mol. The lowest BCUT2D eigenvalue weighted by molar-refractivity contribution is 0.383. The smallest absolute Gasteiger partial charge is 0.111 e. The van der Waals surface area contributed by atoms with Gasteiger partial charge in [0, 0.05) is 12.7 Å². The van der Waals surface area contributed by atoms with Crippen LogP contribution in [0.4, 0.5) is 5.69 Å². The molecule has 84 valence electrons. The molecule has 0 radical (unpaired) electrons. The second-order valence-corrected chi connectivity index (χ2v) is 5.07. The highest BCUT2D eigenvalue weighted by molar-refractivity contribution is 6.09. The van der Waals surface area contributed by atoms with Crippen LogP contribution in [0.25, 0.3) is 0 Å². The molecule has 16 heavy (non-hydrogen) atoms. The molecule has 1 aliphatic heterocycles. The maximum atomic E-state index is 8.41. The highest BCUT2D eigenvalue weighted by Gasteiger charge is 2.46. The Morgan fingerprint density at radius 1 is 1.12 bits per heavy atom. The highest BCUT2D eigenvalue weighted by atomic mass is 15.2. The number of para-hydroxylation sites is 1. The lowest BCUT2D eigenvalue weighted by Gasteiger charge is -2.34. The van der Waals surface area contributed by atoms with Crippen molar-refractivity contribution >= 4 is 11.5 Å². The van der Waals surface area contributed by atoms with Gasteiger partial charge < -0.3 is 4.90 Å². The van der Waals surface area contributed by atoms with E-state index in [-0.39, 0.29) is 5.41 Å². The molecular weight excluding hydrogens is 196 g/mol. The van der Waals surface area contributed by atoms with Gasteiger partial charge in [-0.15, -0.1) is 0 Å². The summed E-state index contributed by atoms with van der Waals surface area (Å²) in [5, 5.41) is 8.41. The highest BCUT2D eigenvalue weighted by Crippen LogP contribution is 2.49. The van der Waals surface area contributed by atoms with E-state index in [1.807, 2.05) is 7.05 Å². The van der Waals surface area contributed by atoms with Crippen LogP contribution in [0, 0.1) is 5.41 Å². The first kappa shape index (κ1) is 9.88. The summed E-state index contributed by atoms with van der Waals surface area (Å²) in [6.45, 7) is 0. The molecule has 2 aliphatic rings. The quantitative estimate of drug-likeness (QED) is 0.704. The van der Waals surface area contributed by atoms with Crippen molar-refractivity contribution in [3.05, 3.63) is 29.8 Å². The zero-order valence-electron chi connectivity index (χ0n) is 9.79. The molecule has 1 fully saturated rings. The minimum Gasteiger partial charge on any atom is -0.332 e. The van der Waals surface area contributed by atoms with Crippen LogP contribution in [-0.2, 0) is 5.41 Å². The number of hydrogen-bond acceptors (Lipinski definition) is 1. The Hall–Kier alpha value is -1.31. The van der Waals surface area contributed by atoms with Gasteiger partial charge in [-0.2, -0.15) is 0 Å². The van der Waals surface area contributed by atoms with Crippen molar-refractivity contribution in [2.24, 2.45) is 0 Å². The summed E-state index contributed by atoms with van der Waals surface area (Å²) >= 11 is 0. The average Bonchev–Trinajstić information content (AvgIpc) is 2.55. The Bertz CT molecular complexity index is 430. The summed E-state index contributed by atoms with van der Waals surface area (Å²) in [7, 11) is 2.03. The van der Waals surface area contributed by atoms with Gasteiger partial charge >= 0.3 is 0 Å². The van der Waals surface area contributed by atoms with E-state index in [1.54, 1.807) is 0 Å². The van der Waals surface area contributed by atoms with Crippen molar-refractivity contribution in [3.63, 3.8) is 0 Å². The molecule has 2 heteroatoms. The molecule has 0 bridgehead atoms. The number of hydrogen-bond donors (Lipinski definition) is 1. The number of nitrogens with one attached hydrogen (secondary N) is 1. The van der Waals surface area contributed by atoms with Gasteiger partial charge in [0.15, 0.2) is 0 Å². The number of anilines is 1. The first-order valence-corrected chi connectivity index (χ1v) is 6.18. The van der Waals surface area contributed by atoms with Gasteiger partial charge in [0.25, 0.3) is 0 Å². The third-order valence-electron chi connectivity index (χ3n) is 4.28. The largest absolute Gasteiger partial charge is 0.332 e. The Morgan fingerprint density at radius 3 is 2.56 bits per heavy atom. The molecule has 2 nitrogen and oxygen atoms in total. The standard InChI is InChI=1S/C14H18N2/c1-16-12-8-4-3-7-11(12)14(13(16)15)9-5-2-6-10-14/h3-4,7-8,15H,2,5-6,9-10H2,1H3. The van der Waals surface area contributed by atoms with Gasteiger partial charge in [-0.1, -0.05) is 37.5 Å². The van der Waals surface area contributed by atoms with Crippen molar-refractivity contribution < 1.29 is 0 Å². The third-order valence-corrected chi connectivity index (χ3v) is 4.28. The molecule has 1 aromatic rings. The molecule has 1 N–H and O–H groups in total. The minimum absolute atomic E-state index is 0.0452. The van der Waals surface area contributed by atoms with Crippen LogP contribution >= 0.6 is 0 Å². The minimum atomic E-state index is 0.0452. The van der Waals surface area contributed by atoms with Crippen molar-refractivity contribution in [1.82, 2.24) is 0 Å². The maximum Gasteiger partial charge on any atom is 0.111 e. The maximum absolute atomic E-state index is 8.41. The number of nitrogens with zero attached hydrogens (tertiary/aromatic N) is 1. The fourth-order valence-electron chi connectivity index (χ4n) is 3.40. The van der Waals surface area contributed by atoms with E-state index < -0.39 is 0 Å². The number of fused-ring (bicyclic) bond motifs is 2. The van der Waals surface area contributed by atoms with Gasteiger partial charge in [-0.25, -0.2) is 0 Å². The van der Waals surface area contributed by atoms with E-state index in [1.165, 1.54) is 30.5 Å². The van der Waals surface area contributed by atoms with E-state index in [0.29, 0.717) is 0 Å². The molecule has 1 spiro atoms. The Labute approximate surface area is 96.8 Å². The molecule has 1 aromatic carbocycles. The second kappa shape index (κ2) is 3.34. The van der Waals surface area contributed by atoms with Gasteiger partial charge in [0.2, 0.25) is 0 Å². The summed E-state index contributed by atoms with van der Waals surface area (Å²) in [6, 6.07) is 8.55. The number of likely N-dealkylation sites (N-methyl/N-ethyl adjacent to an activating group) is 1. The summed E-state index contributed by atoms with van der Waals surface area (Å²) in [4.78, 5) is 2.07.